The molecule has 0 aliphatic heterocycles. The summed E-state index contributed by atoms with van der Waals surface area (Å²) >= 11 is 0. The third-order valence-corrected chi connectivity index (χ3v) is 16.9. The van der Waals surface area contributed by atoms with Gasteiger partial charge in [0.2, 0.25) is 0 Å². The molecule has 0 spiro atoms. The first-order valence-corrected chi connectivity index (χ1v) is 35.4. The molecule has 5 aliphatic rings. The zero-order valence-electron chi connectivity index (χ0n) is 62.4. The number of hydrogen-bond acceptors (Lipinski definition) is 0. The summed E-state index contributed by atoms with van der Waals surface area (Å²) in [5.74, 6) is 10.8. The minimum atomic E-state index is 0.542. The van der Waals surface area contributed by atoms with Crippen molar-refractivity contribution >= 4 is 0 Å². The van der Waals surface area contributed by atoms with Crippen molar-refractivity contribution in [3.8, 4) is 0 Å². The Morgan fingerprint density at radius 1 is 0.442 bits per heavy atom. The molecule has 0 heteroatoms. The van der Waals surface area contributed by atoms with Gasteiger partial charge in [0.1, 0.15) is 0 Å². The van der Waals surface area contributed by atoms with Crippen LogP contribution >= 0.6 is 0 Å². The average molecular weight is 1100 g/mol. The van der Waals surface area contributed by atoms with Crippen LogP contribution in [-0.4, -0.2) is 0 Å². The first-order chi connectivity index (χ1) is 35.4. The molecule has 478 valence electrons. The lowest BCUT2D eigenvalue weighted by Gasteiger charge is -2.12. The topological polar surface area (TPSA) is 0 Å². The Hall–Kier alpha value is 0. The minimum absolute atomic E-state index is 0.542. The molecule has 5 rings (SSSR count). The molecule has 0 heterocycles. The van der Waals surface area contributed by atoms with Crippen LogP contribution in [0.2, 0.25) is 0 Å². The molecule has 0 aromatic carbocycles. The van der Waals surface area contributed by atoms with E-state index in [1.807, 2.05) is 0 Å². The summed E-state index contributed by atoms with van der Waals surface area (Å²) in [6.45, 7) is 78.9. The molecule has 0 bridgehead atoms. The highest BCUT2D eigenvalue weighted by molar-refractivity contribution is 4.86. The molecule has 2 atom stereocenters. The molecule has 5 aliphatic carbocycles. The maximum absolute atomic E-state index is 2.35. The van der Waals surface area contributed by atoms with Gasteiger partial charge in [0.25, 0.3) is 0 Å². The van der Waals surface area contributed by atoms with Crippen molar-refractivity contribution in [3.05, 3.63) is 0 Å². The molecule has 0 amide bonds. The minimum Gasteiger partial charge on any atom is -0.0654 e. The van der Waals surface area contributed by atoms with Crippen LogP contribution in [0.25, 0.3) is 0 Å². The van der Waals surface area contributed by atoms with Gasteiger partial charge in [0.15, 0.2) is 0 Å². The summed E-state index contributed by atoms with van der Waals surface area (Å²) in [5, 5.41) is 0. The maximum atomic E-state index is 2.35. The molecular weight excluding hydrogens is 925 g/mol. The second-order valence-corrected chi connectivity index (χ2v) is 30.8. The number of unbranched alkanes of at least 4 members (excludes halogenated alkanes) is 3. The molecule has 0 nitrogen and oxygen atoms in total. The zero-order chi connectivity index (χ0) is 62.4. The smallest absolute Gasteiger partial charge is 0.0328 e. The first-order valence-electron chi connectivity index (χ1n) is 35.4. The van der Waals surface area contributed by atoms with E-state index in [0.29, 0.717) is 10.8 Å². The van der Waals surface area contributed by atoms with Gasteiger partial charge in [-0.05, 0) is 132 Å². The lowest BCUT2D eigenvalue weighted by atomic mass is 9.94. The number of rotatable bonds is 17. The molecule has 0 N–H and O–H groups in total. The predicted molar refractivity (Wildman–Crippen MR) is 371 cm³/mol. The maximum Gasteiger partial charge on any atom is -0.0328 e. The monoisotopic (exact) mass is 1100 g/mol. The molecule has 0 aromatic rings. The van der Waals surface area contributed by atoms with Gasteiger partial charge in [-0.25, -0.2) is 0 Å². The van der Waals surface area contributed by atoms with E-state index in [1.54, 1.807) is 0 Å². The molecule has 0 saturated heterocycles. The summed E-state index contributed by atoms with van der Waals surface area (Å²) in [7, 11) is 0. The number of hydrogen-bond donors (Lipinski definition) is 0. The first kappa shape index (κ1) is 93.4. The van der Waals surface area contributed by atoms with Gasteiger partial charge in [0, 0.05) is 0 Å². The van der Waals surface area contributed by atoms with Crippen molar-refractivity contribution < 1.29 is 0 Å². The molecular formula is C77H170. The molecule has 5 fully saturated rings. The van der Waals surface area contributed by atoms with Crippen molar-refractivity contribution in [2.45, 2.75) is 416 Å². The van der Waals surface area contributed by atoms with Gasteiger partial charge in [-0.2, -0.15) is 0 Å². The molecule has 77 heavy (non-hydrogen) atoms. The Morgan fingerprint density at radius 3 is 0.766 bits per heavy atom. The van der Waals surface area contributed by atoms with Crippen LogP contribution in [0.4, 0.5) is 0 Å². The normalized spacial score (nSPS) is 17.4. The van der Waals surface area contributed by atoms with E-state index < -0.39 is 0 Å². The fourth-order valence-corrected chi connectivity index (χ4v) is 5.59. The van der Waals surface area contributed by atoms with E-state index in [4.69, 9.17) is 0 Å². The van der Waals surface area contributed by atoms with E-state index >= 15 is 0 Å². The highest BCUT2D eigenvalue weighted by Gasteiger charge is 2.34. The predicted octanol–water partition coefficient (Wildman–Crippen LogP) is 29.8. The quantitative estimate of drug-likeness (QED) is 0.127. The van der Waals surface area contributed by atoms with Crippen molar-refractivity contribution in [2.24, 2.45) is 86.8 Å². The third kappa shape index (κ3) is 112. The largest absolute Gasteiger partial charge is 0.0654 e. The van der Waals surface area contributed by atoms with E-state index in [1.165, 1.54) is 173 Å². The van der Waals surface area contributed by atoms with Crippen molar-refractivity contribution in [2.75, 3.05) is 0 Å². The Bertz CT molecular complexity index is 940. The van der Waals surface area contributed by atoms with E-state index in [2.05, 4.69) is 242 Å². The summed E-state index contributed by atoms with van der Waals surface area (Å²) < 4.78 is 0. The second kappa shape index (κ2) is 60.6. The Kier molecular flexibility index (Phi) is 73.5. The van der Waals surface area contributed by atoms with Gasteiger partial charge in [-0.1, -0.05) is 371 Å². The van der Waals surface area contributed by atoms with Crippen LogP contribution in [0.1, 0.15) is 416 Å². The van der Waals surface area contributed by atoms with E-state index in [0.717, 1.165) is 75.9 Å². The molecule has 0 aromatic heterocycles. The standard InChI is InChI=1S/4C6H12.8C6H14.C5H10/c1-5(2)6-3-4-6;1-3-6(2)4-5-6;1-3-6-4-5(6)2;1-2-3-6-4-5-6;2*1-5-6(2,3)4;1-5(2)6(3)4;2*1-4-5-6(2)3;2*1-4-6(3)5-2;1-3-5-6-4-2;1-5(2)3-4-5/h5-6H,3-4H2,1-2H3;3-5H2,1-2H3;5-6H,3-4H2,1-2H3;6H,2-5H2,1H3;2*5H2,1-4H3;5-6H,1-4H3;4*6H,4-5H2,1-3H3;3-6H2,1-2H3;3-4H2,1-2H3/t;;5-,6?;;;;;;;;;;/m..0........../s1. The average Bonchev–Trinajstić information content (AvgIpc) is 4.10. The summed E-state index contributed by atoms with van der Waals surface area (Å²) in [6, 6.07) is 0. The third-order valence-electron chi connectivity index (χ3n) is 16.9. The van der Waals surface area contributed by atoms with Gasteiger partial charge < -0.3 is 0 Å². The summed E-state index contributed by atoms with van der Waals surface area (Å²) in [5.41, 5.74) is 2.62. The second-order valence-electron chi connectivity index (χ2n) is 30.8. The van der Waals surface area contributed by atoms with Crippen LogP contribution in [0.5, 0.6) is 0 Å². The summed E-state index contributed by atoms with van der Waals surface area (Å²) in [4.78, 5) is 0. The van der Waals surface area contributed by atoms with E-state index in [9.17, 15) is 0 Å². The van der Waals surface area contributed by atoms with Crippen molar-refractivity contribution in [1.82, 2.24) is 0 Å². The molecule has 5 saturated carbocycles. The van der Waals surface area contributed by atoms with E-state index in [-0.39, 0.29) is 0 Å². The van der Waals surface area contributed by atoms with Gasteiger partial charge >= 0.3 is 0 Å². The highest BCUT2D eigenvalue weighted by atomic mass is 14.4. The zero-order valence-corrected chi connectivity index (χ0v) is 62.4. The van der Waals surface area contributed by atoms with Crippen molar-refractivity contribution in [3.63, 3.8) is 0 Å². The fraction of sp³-hybridized carbons (Fsp3) is 1.00. The Morgan fingerprint density at radius 2 is 0.740 bits per heavy atom. The van der Waals surface area contributed by atoms with Gasteiger partial charge in [-0.3, -0.25) is 0 Å². The van der Waals surface area contributed by atoms with Gasteiger partial charge in [0.05, 0.1) is 0 Å². The van der Waals surface area contributed by atoms with Crippen LogP contribution in [0, 0.1) is 86.8 Å². The Balaban J connectivity index is -0.000000112. The SMILES string of the molecule is CC(C)C(C)C.CC(C)C1CC1.CC1(C)CC1.CCC(C)(C)C.CCC(C)(C)C.CCC(C)CC.CCC(C)CC.CCC1(C)CC1.CCC1C[C@@H]1C.CCCC(C)C.CCCC(C)C.CCCC1CC1.CCCCCC. The fourth-order valence-electron chi connectivity index (χ4n) is 5.59. The highest BCUT2D eigenvalue weighted by Crippen LogP contribution is 2.47. The Labute approximate surface area is 500 Å². The van der Waals surface area contributed by atoms with Crippen LogP contribution < -0.4 is 0 Å². The van der Waals surface area contributed by atoms with Gasteiger partial charge in [-0.15, -0.1) is 0 Å². The van der Waals surface area contributed by atoms with Crippen LogP contribution in [0.3, 0.4) is 0 Å². The lowest BCUT2D eigenvalue weighted by molar-refractivity contribution is 0.397. The summed E-state index contributed by atoms with van der Waals surface area (Å²) in [6.07, 6.45) is 37.9. The molecule has 1 unspecified atom stereocenters. The van der Waals surface area contributed by atoms with Crippen LogP contribution in [-0.2, 0) is 0 Å². The lowest BCUT2D eigenvalue weighted by Crippen LogP contribution is -2.00. The van der Waals surface area contributed by atoms with Crippen molar-refractivity contribution in [1.29, 1.82) is 0 Å². The molecule has 0 radical (unpaired) electrons. The van der Waals surface area contributed by atoms with Crippen LogP contribution in [0.15, 0.2) is 0 Å².